The third-order valence-corrected chi connectivity index (χ3v) is 3.34. The van der Waals surface area contributed by atoms with Crippen LogP contribution < -0.4 is 10.5 Å². The molecular weight excluding hydrogens is 234 g/mol. The van der Waals surface area contributed by atoms with Gasteiger partial charge in [0, 0.05) is 6.54 Å². The Morgan fingerprint density at radius 3 is 2.29 bits per heavy atom. The third-order valence-electron chi connectivity index (χ3n) is 3.34. The van der Waals surface area contributed by atoms with Crippen LogP contribution in [0.5, 0.6) is 5.75 Å². The summed E-state index contributed by atoms with van der Waals surface area (Å²) in [4.78, 5) is 0. The van der Waals surface area contributed by atoms with Crippen LogP contribution >= 0.6 is 12.4 Å². The highest BCUT2D eigenvalue weighted by molar-refractivity contribution is 5.85. The van der Waals surface area contributed by atoms with Crippen LogP contribution in [-0.4, -0.2) is 13.2 Å². The molecule has 2 N–H and O–H groups in total. The smallest absolute Gasteiger partial charge is 0.119 e. The molecule has 1 aliphatic rings. The summed E-state index contributed by atoms with van der Waals surface area (Å²) in [5, 5.41) is 0. The molecule has 1 saturated carbocycles. The van der Waals surface area contributed by atoms with Crippen LogP contribution in [0, 0.1) is 0 Å². The minimum absolute atomic E-state index is 0. The van der Waals surface area contributed by atoms with Crippen LogP contribution in [0.4, 0.5) is 0 Å². The molecule has 0 aromatic heterocycles. The number of hydrogen-bond acceptors (Lipinski definition) is 2. The summed E-state index contributed by atoms with van der Waals surface area (Å²) < 4.78 is 5.47. The van der Waals surface area contributed by atoms with Gasteiger partial charge in [0.1, 0.15) is 12.4 Å². The highest BCUT2D eigenvalue weighted by Crippen LogP contribution is 2.33. The van der Waals surface area contributed by atoms with Gasteiger partial charge in [0.15, 0.2) is 0 Å². The summed E-state index contributed by atoms with van der Waals surface area (Å²) in [5.41, 5.74) is 6.87. The first-order valence-corrected chi connectivity index (χ1v) is 6.33. The van der Waals surface area contributed by atoms with Crippen molar-refractivity contribution in [2.45, 2.75) is 38.0 Å². The molecule has 1 aromatic carbocycles. The van der Waals surface area contributed by atoms with Crippen molar-refractivity contribution in [2.75, 3.05) is 13.2 Å². The van der Waals surface area contributed by atoms with E-state index in [1.165, 1.54) is 37.7 Å². The van der Waals surface area contributed by atoms with Gasteiger partial charge in [-0.25, -0.2) is 0 Å². The lowest BCUT2D eigenvalue weighted by atomic mass is 9.84. The van der Waals surface area contributed by atoms with E-state index >= 15 is 0 Å². The van der Waals surface area contributed by atoms with Gasteiger partial charge in [-0.15, -0.1) is 12.4 Å². The van der Waals surface area contributed by atoms with Crippen molar-refractivity contribution in [1.82, 2.24) is 0 Å². The predicted octanol–water partition coefficient (Wildman–Crippen LogP) is 3.49. The fraction of sp³-hybridized carbons (Fsp3) is 0.571. The van der Waals surface area contributed by atoms with Gasteiger partial charge >= 0.3 is 0 Å². The van der Waals surface area contributed by atoms with Crippen LogP contribution in [0.2, 0.25) is 0 Å². The Balaban J connectivity index is 0.00000144. The van der Waals surface area contributed by atoms with Crippen molar-refractivity contribution in [2.24, 2.45) is 5.73 Å². The first-order valence-electron chi connectivity index (χ1n) is 6.33. The number of nitrogens with two attached hydrogens (primary N) is 1. The molecule has 0 amide bonds. The molecule has 0 bridgehead atoms. The Bertz CT molecular complexity index is 307. The number of hydrogen-bond donors (Lipinski definition) is 1. The van der Waals surface area contributed by atoms with E-state index in [0.29, 0.717) is 13.2 Å². The fourth-order valence-electron chi connectivity index (χ4n) is 2.45. The SMILES string of the molecule is Cl.NCCOc1ccc(C2CCCCC2)cc1. The zero-order valence-corrected chi connectivity index (χ0v) is 11.0. The maximum absolute atomic E-state index is 5.47. The second-order valence-electron chi connectivity index (χ2n) is 4.54. The number of halogens is 1. The average Bonchev–Trinajstić information content (AvgIpc) is 2.38. The molecule has 0 heterocycles. The molecule has 0 aliphatic heterocycles. The zero-order chi connectivity index (χ0) is 11.2. The van der Waals surface area contributed by atoms with Crippen LogP contribution in [0.1, 0.15) is 43.6 Å². The second-order valence-corrected chi connectivity index (χ2v) is 4.54. The van der Waals surface area contributed by atoms with E-state index in [4.69, 9.17) is 10.5 Å². The van der Waals surface area contributed by atoms with Crippen LogP contribution in [-0.2, 0) is 0 Å². The lowest BCUT2D eigenvalue weighted by Gasteiger charge is -2.22. The molecule has 3 heteroatoms. The van der Waals surface area contributed by atoms with E-state index in [0.717, 1.165) is 11.7 Å². The van der Waals surface area contributed by atoms with Crippen molar-refractivity contribution < 1.29 is 4.74 Å². The molecule has 0 atom stereocenters. The highest BCUT2D eigenvalue weighted by atomic mass is 35.5. The van der Waals surface area contributed by atoms with Gasteiger partial charge in [0.2, 0.25) is 0 Å². The van der Waals surface area contributed by atoms with Crippen molar-refractivity contribution in [1.29, 1.82) is 0 Å². The maximum atomic E-state index is 5.47. The van der Waals surface area contributed by atoms with Crippen molar-refractivity contribution in [3.63, 3.8) is 0 Å². The summed E-state index contributed by atoms with van der Waals surface area (Å²) in [5.74, 6) is 1.71. The Labute approximate surface area is 110 Å². The van der Waals surface area contributed by atoms with E-state index in [-0.39, 0.29) is 12.4 Å². The quantitative estimate of drug-likeness (QED) is 0.894. The second kappa shape index (κ2) is 7.57. The summed E-state index contributed by atoms with van der Waals surface area (Å²) >= 11 is 0. The van der Waals surface area contributed by atoms with Crippen molar-refractivity contribution in [3.05, 3.63) is 29.8 Å². The lowest BCUT2D eigenvalue weighted by Crippen LogP contribution is -2.10. The van der Waals surface area contributed by atoms with Gasteiger partial charge in [-0.3, -0.25) is 0 Å². The minimum Gasteiger partial charge on any atom is -0.492 e. The van der Waals surface area contributed by atoms with Crippen LogP contribution in [0.25, 0.3) is 0 Å². The first-order chi connectivity index (χ1) is 7.90. The van der Waals surface area contributed by atoms with Crippen LogP contribution in [0.15, 0.2) is 24.3 Å². The standard InChI is InChI=1S/C14H21NO.ClH/c15-10-11-16-14-8-6-13(7-9-14)12-4-2-1-3-5-12;/h6-9,12H,1-5,10-11,15H2;1H. The number of ether oxygens (including phenoxy) is 1. The monoisotopic (exact) mass is 255 g/mol. The Morgan fingerprint density at radius 2 is 1.71 bits per heavy atom. The number of rotatable bonds is 4. The van der Waals surface area contributed by atoms with E-state index in [1.54, 1.807) is 0 Å². The summed E-state index contributed by atoms with van der Waals surface area (Å²) in [6, 6.07) is 8.56. The highest BCUT2D eigenvalue weighted by Gasteiger charge is 2.14. The normalized spacial score (nSPS) is 16.3. The molecule has 0 spiro atoms. The molecule has 1 fully saturated rings. The van der Waals surface area contributed by atoms with Crippen LogP contribution in [0.3, 0.4) is 0 Å². The van der Waals surface area contributed by atoms with Gasteiger partial charge in [-0.05, 0) is 36.5 Å². The summed E-state index contributed by atoms with van der Waals surface area (Å²) in [6.07, 6.45) is 6.88. The van der Waals surface area contributed by atoms with Gasteiger partial charge in [0.05, 0.1) is 0 Å². The van der Waals surface area contributed by atoms with E-state index in [9.17, 15) is 0 Å². The van der Waals surface area contributed by atoms with Gasteiger partial charge in [0.25, 0.3) is 0 Å². The molecule has 2 nitrogen and oxygen atoms in total. The minimum atomic E-state index is 0. The molecular formula is C14H22ClNO. The maximum Gasteiger partial charge on any atom is 0.119 e. The topological polar surface area (TPSA) is 35.2 Å². The van der Waals surface area contributed by atoms with E-state index in [2.05, 4.69) is 24.3 Å². The van der Waals surface area contributed by atoms with E-state index in [1.807, 2.05) is 0 Å². The Kier molecular flexibility index (Phi) is 6.38. The summed E-state index contributed by atoms with van der Waals surface area (Å²) in [6.45, 7) is 1.17. The van der Waals surface area contributed by atoms with Crippen molar-refractivity contribution in [3.8, 4) is 5.75 Å². The molecule has 1 aliphatic carbocycles. The van der Waals surface area contributed by atoms with Crippen molar-refractivity contribution >= 4 is 12.4 Å². The lowest BCUT2D eigenvalue weighted by molar-refractivity contribution is 0.328. The average molecular weight is 256 g/mol. The largest absolute Gasteiger partial charge is 0.492 e. The molecule has 96 valence electrons. The molecule has 1 aromatic rings. The van der Waals surface area contributed by atoms with E-state index < -0.39 is 0 Å². The number of benzene rings is 1. The molecule has 2 rings (SSSR count). The predicted molar refractivity (Wildman–Crippen MR) is 74.1 cm³/mol. The zero-order valence-electron chi connectivity index (χ0n) is 10.2. The Hall–Kier alpha value is -0.730. The Morgan fingerprint density at radius 1 is 1.06 bits per heavy atom. The summed E-state index contributed by atoms with van der Waals surface area (Å²) in [7, 11) is 0. The first kappa shape index (κ1) is 14.3. The molecule has 0 unspecified atom stereocenters. The molecule has 0 saturated heterocycles. The van der Waals surface area contributed by atoms with Gasteiger partial charge < -0.3 is 10.5 Å². The molecule has 17 heavy (non-hydrogen) atoms. The molecule has 0 radical (unpaired) electrons. The van der Waals surface area contributed by atoms with Gasteiger partial charge in [-0.2, -0.15) is 0 Å². The third kappa shape index (κ3) is 4.21. The fourth-order valence-corrected chi connectivity index (χ4v) is 2.45. The van der Waals surface area contributed by atoms with Gasteiger partial charge in [-0.1, -0.05) is 31.4 Å².